The molecule has 0 aromatic heterocycles. The molecule has 0 fully saturated rings. The average molecular weight is 180 g/mol. The fourth-order valence-corrected chi connectivity index (χ4v) is 1.27. The fourth-order valence-electron chi connectivity index (χ4n) is 1.27. The molecule has 0 heterocycles. The SMILES string of the molecule is N#CC1=C(C#N)C(C#N)=C(C#N)CC1. The van der Waals surface area contributed by atoms with Crippen LogP contribution < -0.4 is 0 Å². The number of nitriles is 4. The first-order chi connectivity index (χ1) is 6.78. The number of hydrogen-bond donors (Lipinski definition) is 0. The summed E-state index contributed by atoms with van der Waals surface area (Å²) in [5.74, 6) is 0. The van der Waals surface area contributed by atoms with E-state index in [4.69, 9.17) is 21.0 Å². The molecule has 4 heteroatoms. The van der Waals surface area contributed by atoms with Gasteiger partial charge >= 0.3 is 0 Å². The van der Waals surface area contributed by atoms with E-state index >= 15 is 0 Å². The Bertz CT molecular complexity index is 446. The van der Waals surface area contributed by atoms with E-state index in [1.807, 2.05) is 12.1 Å². The predicted octanol–water partition coefficient (Wildman–Crippen LogP) is 1.47. The summed E-state index contributed by atoms with van der Waals surface area (Å²) in [4.78, 5) is 0. The molecule has 0 saturated carbocycles. The van der Waals surface area contributed by atoms with Crippen LogP contribution in [-0.2, 0) is 0 Å². The van der Waals surface area contributed by atoms with Gasteiger partial charge in [0.2, 0.25) is 0 Å². The number of hydrogen-bond acceptors (Lipinski definition) is 4. The third-order valence-electron chi connectivity index (χ3n) is 1.97. The van der Waals surface area contributed by atoms with Crippen LogP contribution in [0.5, 0.6) is 0 Å². The molecule has 0 aliphatic heterocycles. The molecule has 0 aromatic rings. The van der Waals surface area contributed by atoms with Gasteiger partial charge in [-0.2, -0.15) is 21.0 Å². The molecular formula is C10H4N4. The summed E-state index contributed by atoms with van der Waals surface area (Å²) < 4.78 is 0. The van der Waals surface area contributed by atoms with Gasteiger partial charge in [0.1, 0.15) is 12.1 Å². The van der Waals surface area contributed by atoms with Crippen LogP contribution in [0.4, 0.5) is 0 Å². The molecule has 0 atom stereocenters. The molecule has 0 spiro atoms. The first-order valence-electron chi connectivity index (χ1n) is 3.85. The Morgan fingerprint density at radius 2 is 1.00 bits per heavy atom. The maximum absolute atomic E-state index is 8.75. The first-order valence-corrected chi connectivity index (χ1v) is 3.85. The summed E-state index contributed by atoms with van der Waals surface area (Å²) in [5, 5.41) is 34.9. The molecule has 0 N–H and O–H groups in total. The van der Waals surface area contributed by atoms with Crippen molar-refractivity contribution in [1.29, 1.82) is 21.0 Å². The Balaban J connectivity index is 3.44. The molecule has 0 aromatic carbocycles. The molecule has 1 rings (SSSR count). The van der Waals surface area contributed by atoms with Gasteiger partial charge in [-0.3, -0.25) is 0 Å². The molecule has 4 nitrogen and oxygen atoms in total. The third-order valence-corrected chi connectivity index (χ3v) is 1.97. The second kappa shape index (κ2) is 3.90. The van der Waals surface area contributed by atoms with Crippen molar-refractivity contribution in [2.24, 2.45) is 0 Å². The van der Waals surface area contributed by atoms with Crippen molar-refractivity contribution in [2.75, 3.05) is 0 Å². The van der Waals surface area contributed by atoms with Gasteiger partial charge < -0.3 is 0 Å². The number of rotatable bonds is 0. The molecule has 1 aliphatic rings. The normalized spacial score (nSPS) is 15.1. The van der Waals surface area contributed by atoms with Gasteiger partial charge in [-0.25, -0.2) is 0 Å². The molecule has 0 saturated heterocycles. The monoisotopic (exact) mass is 180 g/mol. The lowest BCUT2D eigenvalue weighted by atomic mass is 9.88. The largest absolute Gasteiger partial charge is 0.193 e. The molecule has 0 radical (unpaired) electrons. The minimum atomic E-state index is 0.0535. The lowest BCUT2D eigenvalue weighted by Gasteiger charge is -2.10. The fraction of sp³-hybridized carbons (Fsp3) is 0.200. The summed E-state index contributed by atoms with van der Waals surface area (Å²) in [5.41, 5.74) is 0.696. The molecule has 14 heavy (non-hydrogen) atoms. The Morgan fingerprint density at radius 3 is 1.21 bits per heavy atom. The van der Waals surface area contributed by atoms with Crippen LogP contribution in [0, 0.1) is 45.3 Å². The average Bonchev–Trinajstić information content (AvgIpc) is 2.26. The van der Waals surface area contributed by atoms with Crippen molar-refractivity contribution < 1.29 is 0 Å². The van der Waals surface area contributed by atoms with Gasteiger partial charge in [-0.1, -0.05) is 0 Å². The lowest BCUT2D eigenvalue weighted by Crippen LogP contribution is -2.02. The highest BCUT2D eigenvalue weighted by molar-refractivity contribution is 5.62. The van der Waals surface area contributed by atoms with E-state index in [1.165, 1.54) is 0 Å². The number of allylic oxidation sites excluding steroid dienone is 4. The van der Waals surface area contributed by atoms with Crippen molar-refractivity contribution in [3.63, 3.8) is 0 Å². The van der Waals surface area contributed by atoms with Gasteiger partial charge in [0, 0.05) is 11.1 Å². The maximum atomic E-state index is 8.75. The second-order valence-corrected chi connectivity index (χ2v) is 2.65. The molecule has 0 unspecified atom stereocenters. The van der Waals surface area contributed by atoms with Crippen molar-refractivity contribution in [3.8, 4) is 24.3 Å². The van der Waals surface area contributed by atoms with Crippen molar-refractivity contribution in [2.45, 2.75) is 12.8 Å². The Hall–Kier alpha value is -2.56. The van der Waals surface area contributed by atoms with Gasteiger partial charge in [-0.05, 0) is 12.8 Å². The van der Waals surface area contributed by atoms with E-state index < -0.39 is 0 Å². The van der Waals surface area contributed by atoms with E-state index in [1.54, 1.807) is 12.1 Å². The minimum Gasteiger partial charge on any atom is -0.193 e. The Kier molecular flexibility index (Phi) is 2.66. The molecular weight excluding hydrogens is 176 g/mol. The lowest BCUT2D eigenvalue weighted by molar-refractivity contribution is 0.936. The Morgan fingerprint density at radius 1 is 0.643 bits per heavy atom. The van der Waals surface area contributed by atoms with E-state index in [0.29, 0.717) is 24.0 Å². The van der Waals surface area contributed by atoms with Crippen LogP contribution in [0.3, 0.4) is 0 Å². The second-order valence-electron chi connectivity index (χ2n) is 2.65. The van der Waals surface area contributed by atoms with Gasteiger partial charge in [0.25, 0.3) is 0 Å². The van der Waals surface area contributed by atoms with Crippen LogP contribution in [-0.4, -0.2) is 0 Å². The molecule has 1 aliphatic carbocycles. The zero-order chi connectivity index (χ0) is 10.6. The zero-order valence-corrected chi connectivity index (χ0v) is 7.20. The highest BCUT2D eigenvalue weighted by Crippen LogP contribution is 2.28. The van der Waals surface area contributed by atoms with Gasteiger partial charge in [0.05, 0.1) is 23.3 Å². The zero-order valence-electron chi connectivity index (χ0n) is 7.20. The maximum Gasteiger partial charge on any atom is 0.102 e. The van der Waals surface area contributed by atoms with Crippen LogP contribution >= 0.6 is 0 Å². The topological polar surface area (TPSA) is 95.2 Å². The molecule has 64 valence electrons. The smallest absolute Gasteiger partial charge is 0.102 e. The van der Waals surface area contributed by atoms with Crippen molar-refractivity contribution in [3.05, 3.63) is 22.3 Å². The van der Waals surface area contributed by atoms with Crippen LogP contribution in [0.25, 0.3) is 0 Å². The standard InChI is InChI=1S/C10H4N4/c11-3-7-1-2-8(4-12)10(6-14)9(7)5-13/h1-2H2. The van der Waals surface area contributed by atoms with Crippen LogP contribution in [0.1, 0.15) is 12.8 Å². The minimum absolute atomic E-state index is 0.0535. The van der Waals surface area contributed by atoms with Crippen molar-refractivity contribution in [1.82, 2.24) is 0 Å². The van der Waals surface area contributed by atoms with E-state index in [-0.39, 0.29) is 11.1 Å². The quantitative estimate of drug-likeness (QED) is 0.563. The summed E-state index contributed by atoms with van der Waals surface area (Å²) >= 11 is 0. The first kappa shape index (κ1) is 9.53. The van der Waals surface area contributed by atoms with Crippen LogP contribution in [0.15, 0.2) is 22.3 Å². The molecule has 0 amide bonds. The summed E-state index contributed by atoms with van der Waals surface area (Å²) in [6, 6.07) is 7.34. The van der Waals surface area contributed by atoms with Gasteiger partial charge in [-0.15, -0.1) is 0 Å². The van der Waals surface area contributed by atoms with Crippen LogP contribution in [0.2, 0.25) is 0 Å². The predicted molar refractivity (Wildman–Crippen MR) is 45.7 cm³/mol. The van der Waals surface area contributed by atoms with Gasteiger partial charge in [0.15, 0.2) is 0 Å². The summed E-state index contributed by atoms with van der Waals surface area (Å²) in [7, 11) is 0. The summed E-state index contributed by atoms with van der Waals surface area (Å²) in [6.45, 7) is 0. The summed E-state index contributed by atoms with van der Waals surface area (Å²) in [6.07, 6.45) is 0.737. The Labute approximate surface area is 81.2 Å². The van der Waals surface area contributed by atoms with E-state index in [2.05, 4.69) is 0 Å². The molecule has 0 bridgehead atoms. The van der Waals surface area contributed by atoms with E-state index in [0.717, 1.165) is 0 Å². The van der Waals surface area contributed by atoms with Crippen molar-refractivity contribution >= 4 is 0 Å². The third kappa shape index (κ3) is 1.34. The number of nitrogens with zero attached hydrogens (tertiary/aromatic N) is 4. The van der Waals surface area contributed by atoms with E-state index in [9.17, 15) is 0 Å². The highest BCUT2D eigenvalue weighted by Gasteiger charge is 2.21. The highest BCUT2D eigenvalue weighted by atomic mass is 14.4.